The number of rotatable bonds is 6. The quantitative estimate of drug-likeness (QED) is 0.544. The summed E-state index contributed by atoms with van der Waals surface area (Å²) in [4.78, 5) is 13.6. The van der Waals surface area contributed by atoms with Crippen LogP contribution in [0, 0.1) is 59.2 Å². The highest BCUT2D eigenvalue weighted by Gasteiger charge is 2.58. The standard InChI is InChI=1S/C31H43NO3/c1-4-35-19-31(34)14-12-24-23(17-31)7-8-26-25(24)11-13-30(3)27(26)9-10-28(30)29(33)16-22-6-5-21(18-32)15-20(22)2/h5-6,15,23-28,34H,4,7-14,16-17,19H2,1-3H3/t23-,24+,25-,26-,27+,28-,30+,31-/m1/s1. The molecule has 0 aliphatic heterocycles. The van der Waals surface area contributed by atoms with E-state index < -0.39 is 5.60 Å². The summed E-state index contributed by atoms with van der Waals surface area (Å²) < 4.78 is 5.63. The van der Waals surface area contributed by atoms with Crippen LogP contribution in [0.2, 0.25) is 0 Å². The Balaban J connectivity index is 1.27. The lowest BCUT2D eigenvalue weighted by Crippen LogP contribution is -2.52. The first kappa shape index (κ1) is 25.0. The highest BCUT2D eigenvalue weighted by Crippen LogP contribution is 2.64. The number of Topliss-reactive ketones (excluding diaryl/α,β-unsaturated/α-hetero) is 1. The average Bonchev–Trinajstić information content (AvgIpc) is 3.21. The van der Waals surface area contributed by atoms with Gasteiger partial charge in [-0.3, -0.25) is 4.79 Å². The molecule has 5 rings (SSSR count). The number of nitrogens with zero attached hydrogens (tertiary/aromatic N) is 1. The number of benzene rings is 1. The van der Waals surface area contributed by atoms with Crippen LogP contribution in [-0.2, 0) is 16.0 Å². The Morgan fingerprint density at radius 1 is 1.11 bits per heavy atom. The van der Waals surface area contributed by atoms with Gasteiger partial charge in [-0.2, -0.15) is 5.26 Å². The normalized spacial score (nSPS) is 40.3. The lowest BCUT2D eigenvalue weighted by atomic mass is 9.49. The first-order valence-electron chi connectivity index (χ1n) is 14.1. The summed E-state index contributed by atoms with van der Waals surface area (Å²) in [5, 5.41) is 20.3. The summed E-state index contributed by atoms with van der Waals surface area (Å²) in [6.07, 6.45) is 10.6. The van der Waals surface area contributed by atoms with Crippen molar-refractivity contribution in [3.8, 4) is 6.07 Å². The van der Waals surface area contributed by atoms with Crippen molar-refractivity contribution in [3.63, 3.8) is 0 Å². The fourth-order valence-corrected chi connectivity index (χ4v) is 9.19. The largest absolute Gasteiger partial charge is 0.387 e. The van der Waals surface area contributed by atoms with E-state index in [9.17, 15) is 9.90 Å². The number of aliphatic hydroxyl groups is 1. The summed E-state index contributed by atoms with van der Waals surface area (Å²) in [5.74, 6) is 4.16. The van der Waals surface area contributed by atoms with Crippen LogP contribution in [0.5, 0.6) is 0 Å². The number of ketones is 1. The maximum Gasteiger partial charge on any atom is 0.140 e. The summed E-state index contributed by atoms with van der Waals surface area (Å²) >= 11 is 0. The second-order valence-corrected chi connectivity index (χ2v) is 12.6. The molecule has 1 aromatic carbocycles. The maximum absolute atomic E-state index is 13.6. The predicted octanol–water partition coefficient (Wildman–Crippen LogP) is 6.01. The van der Waals surface area contributed by atoms with Gasteiger partial charge in [-0.25, -0.2) is 0 Å². The van der Waals surface area contributed by atoms with Gasteiger partial charge in [0.05, 0.1) is 23.8 Å². The van der Waals surface area contributed by atoms with Crippen molar-refractivity contribution in [2.45, 2.75) is 90.6 Å². The minimum absolute atomic E-state index is 0.135. The zero-order valence-electron chi connectivity index (χ0n) is 21.9. The number of hydrogen-bond donors (Lipinski definition) is 1. The van der Waals surface area contributed by atoms with Gasteiger partial charge in [0.2, 0.25) is 0 Å². The van der Waals surface area contributed by atoms with Crippen LogP contribution in [0.25, 0.3) is 0 Å². The van der Waals surface area contributed by atoms with Gasteiger partial charge in [0.25, 0.3) is 0 Å². The Hall–Kier alpha value is -1.70. The van der Waals surface area contributed by atoms with Gasteiger partial charge in [-0.15, -0.1) is 0 Å². The molecule has 0 spiro atoms. The number of nitriles is 1. The van der Waals surface area contributed by atoms with Gasteiger partial charge in [-0.05, 0) is 130 Å². The molecule has 0 unspecified atom stereocenters. The van der Waals surface area contributed by atoms with Crippen molar-refractivity contribution in [2.75, 3.05) is 13.2 Å². The molecule has 4 aliphatic carbocycles. The van der Waals surface area contributed by atoms with E-state index in [4.69, 9.17) is 10.00 Å². The van der Waals surface area contributed by atoms with E-state index in [1.807, 2.05) is 32.0 Å². The number of fused-ring (bicyclic) bond motifs is 5. The van der Waals surface area contributed by atoms with Crippen LogP contribution < -0.4 is 0 Å². The van der Waals surface area contributed by atoms with Gasteiger partial charge >= 0.3 is 0 Å². The van der Waals surface area contributed by atoms with E-state index in [1.165, 1.54) is 32.1 Å². The van der Waals surface area contributed by atoms with Crippen molar-refractivity contribution in [2.24, 2.45) is 40.9 Å². The van der Waals surface area contributed by atoms with E-state index in [0.29, 0.717) is 42.8 Å². The van der Waals surface area contributed by atoms with Crippen LogP contribution >= 0.6 is 0 Å². The molecule has 4 fully saturated rings. The zero-order chi connectivity index (χ0) is 24.8. The first-order valence-corrected chi connectivity index (χ1v) is 14.1. The van der Waals surface area contributed by atoms with Crippen molar-refractivity contribution in [1.29, 1.82) is 5.26 Å². The second kappa shape index (κ2) is 9.64. The molecule has 4 nitrogen and oxygen atoms in total. The van der Waals surface area contributed by atoms with Gasteiger partial charge < -0.3 is 9.84 Å². The van der Waals surface area contributed by atoms with E-state index in [1.54, 1.807) is 0 Å². The third kappa shape index (κ3) is 4.49. The highest BCUT2D eigenvalue weighted by molar-refractivity contribution is 5.84. The van der Waals surface area contributed by atoms with Gasteiger partial charge in [-0.1, -0.05) is 13.0 Å². The Kier molecular flexibility index (Phi) is 6.88. The lowest BCUT2D eigenvalue weighted by Gasteiger charge is -2.57. The monoisotopic (exact) mass is 477 g/mol. The number of carbonyl (C=O) groups is 1. The molecular formula is C31H43NO3. The molecule has 4 saturated carbocycles. The maximum atomic E-state index is 13.6. The molecule has 0 bridgehead atoms. The molecule has 0 radical (unpaired) electrons. The molecule has 0 heterocycles. The number of ether oxygens (including phenoxy) is 1. The average molecular weight is 478 g/mol. The van der Waals surface area contributed by atoms with Crippen LogP contribution in [0.4, 0.5) is 0 Å². The van der Waals surface area contributed by atoms with E-state index in [-0.39, 0.29) is 11.3 Å². The van der Waals surface area contributed by atoms with E-state index in [0.717, 1.165) is 54.6 Å². The fourth-order valence-electron chi connectivity index (χ4n) is 9.19. The van der Waals surface area contributed by atoms with Crippen LogP contribution in [0.15, 0.2) is 18.2 Å². The molecule has 0 saturated heterocycles. The Bertz CT molecular complexity index is 997. The highest BCUT2D eigenvalue weighted by atomic mass is 16.5. The predicted molar refractivity (Wildman–Crippen MR) is 137 cm³/mol. The first-order chi connectivity index (χ1) is 16.8. The number of hydrogen-bond acceptors (Lipinski definition) is 4. The molecule has 1 N–H and O–H groups in total. The third-order valence-corrected chi connectivity index (χ3v) is 10.9. The zero-order valence-corrected chi connectivity index (χ0v) is 21.9. The van der Waals surface area contributed by atoms with Crippen LogP contribution in [0.1, 0.15) is 88.3 Å². The molecule has 1 aromatic rings. The van der Waals surface area contributed by atoms with Gasteiger partial charge in [0.15, 0.2) is 0 Å². The Morgan fingerprint density at radius 3 is 2.66 bits per heavy atom. The molecule has 8 atom stereocenters. The summed E-state index contributed by atoms with van der Waals surface area (Å²) in [5.41, 5.74) is 2.31. The smallest absolute Gasteiger partial charge is 0.140 e. The lowest BCUT2D eigenvalue weighted by molar-refractivity contribution is -0.137. The summed E-state index contributed by atoms with van der Waals surface area (Å²) in [7, 11) is 0. The second-order valence-electron chi connectivity index (χ2n) is 12.6. The van der Waals surface area contributed by atoms with Crippen molar-refractivity contribution >= 4 is 5.78 Å². The third-order valence-electron chi connectivity index (χ3n) is 10.9. The van der Waals surface area contributed by atoms with Gasteiger partial charge in [0, 0.05) is 18.9 Å². The topological polar surface area (TPSA) is 70.3 Å². The molecular weight excluding hydrogens is 434 g/mol. The van der Waals surface area contributed by atoms with Crippen LogP contribution in [0.3, 0.4) is 0 Å². The number of carbonyl (C=O) groups excluding carboxylic acids is 1. The van der Waals surface area contributed by atoms with Crippen molar-refractivity contribution in [3.05, 3.63) is 34.9 Å². The molecule has 190 valence electrons. The molecule has 4 heteroatoms. The van der Waals surface area contributed by atoms with Crippen molar-refractivity contribution < 1.29 is 14.6 Å². The molecule has 35 heavy (non-hydrogen) atoms. The minimum Gasteiger partial charge on any atom is -0.387 e. The minimum atomic E-state index is -0.623. The van der Waals surface area contributed by atoms with E-state index in [2.05, 4.69) is 13.0 Å². The Morgan fingerprint density at radius 2 is 1.91 bits per heavy atom. The molecule has 0 aromatic heterocycles. The molecule has 4 aliphatic rings. The fraction of sp³-hybridized carbons (Fsp3) is 0.742. The molecule has 0 amide bonds. The van der Waals surface area contributed by atoms with Crippen molar-refractivity contribution in [1.82, 2.24) is 0 Å². The summed E-state index contributed by atoms with van der Waals surface area (Å²) in [6, 6.07) is 7.93. The van der Waals surface area contributed by atoms with E-state index >= 15 is 0 Å². The summed E-state index contributed by atoms with van der Waals surface area (Å²) in [6.45, 7) is 7.62. The van der Waals surface area contributed by atoms with Crippen LogP contribution in [-0.4, -0.2) is 29.7 Å². The Labute approximate surface area is 211 Å². The number of aryl methyl sites for hydroxylation is 1. The van der Waals surface area contributed by atoms with Gasteiger partial charge in [0.1, 0.15) is 5.78 Å². The SMILES string of the molecule is CCOC[C@@]1(O)CC[C@H]2[C@H](CC[C@@H]3[C@@H]2CC[C@]2(C)[C@@H](C(=O)Cc4ccc(C#N)cc4C)CC[C@@H]32)C1.